The Balaban J connectivity index is 2.09. The zero-order chi connectivity index (χ0) is 13.8. The molecule has 7 nitrogen and oxygen atoms in total. The minimum absolute atomic E-state index is 0.0143. The third-order valence-electron chi connectivity index (χ3n) is 2.44. The number of hydrogen-bond donors (Lipinski definition) is 3. The highest BCUT2D eigenvalue weighted by Gasteiger charge is 2.13. The summed E-state index contributed by atoms with van der Waals surface area (Å²) in [6.07, 6.45) is 0. The van der Waals surface area contributed by atoms with E-state index in [4.69, 9.17) is 22.1 Å². The van der Waals surface area contributed by atoms with E-state index in [2.05, 4.69) is 20.5 Å². The topological polar surface area (TPSA) is 106 Å². The lowest BCUT2D eigenvalue weighted by molar-refractivity contribution is 0.0941. The molecule has 0 atom stereocenters. The second-order valence-electron chi connectivity index (χ2n) is 3.65. The van der Waals surface area contributed by atoms with E-state index in [0.717, 1.165) is 0 Å². The third kappa shape index (κ3) is 2.94. The van der Waals surface area contributed by atoms with E-state index >= 15 is 0 Å². The highest BCUT2D eigenvalue weighted by Crippen LogP contribution is 2.25. The van der Waals surface area contributed by atoms with Gasteiger partial charge in [0.15, 0.2) is 0 Å². The summed E-state index contributed by atoms with van der Waals surface area (Å²) in [5, 5.41) is 9.16. The maximum Gasteiger partial charge on any atom is 0.288 e. The van der Waals surface area contributed by atoms with Crippen LogP contribution in [0.2, 0.25) is 5.02 Å². The van der Waals surface area contributed by atoms with E-state index in [9.17, 15) is 4.79 Å². The van der Waals surface area contributed by atoms with Gasteiger partial charge in [0.2, 0.25) is 11.8 Å². The summed E-state index contributed by atoms with van der Waals surface area (Å²) in [6.45, 7) is 0.211. The maximum absolute atomic E-state index is 11.8. The monoisotopic (exact) mass is 281 g/mol. The predicted octanol–water partition coefficient (Wildman–Crippen LogP) is 0.979. The highest BCUT2D eigenvalue weighted by atomic mass is 35.5. The minimum Gasteiger partial charge on any atom is -0.496 e. The van der Waals surface area contributed by atoms with Gasteiger partial charge in [-0.1, -0.05) is 17.7 Å². The van der Waals surface area contributed by atoms with Crippen LogP contribution in [-0.2, 0) is 6.54 Å². The summed E-state index contributed by atoms with van der Waals surface area (Å²) in [4.78, 5) is 15.5. The molecule has 19 heavy (non-hydrogen) atoms. The molecule has 8 heteroatoms. The molecule has 0 spiro atoms. The number of ether oxygens (including phenoxy) is 1. The van der Waals surface area contributed by atoms with Crippen molar-refractivity contribution in [2.75, 3.05) is 12.8 Å². The first-order chi connectivity index (χ1) is 9.11. The van der Waals surface area contributed by atoms with Crippen molar-refractivity contribution in [3.05, 3.63) is 34.6 Å². The summed E-state index contributed by atoms with van der Waals surface area (Å²) >= 11 is 6.05. The van der Waals surface area contributed by atoms with Gasteiger partial charge in [-0.25, -0.2) is 0 Å². The van der Waals surface area contributed by atoms with Crippen molar-refractivity contribution >= 4 is 23.5 Å². The minimum atomic E-state index is -0.425. The van der Waals surface area contributed by atoms with E-state index in [1.807, 2.05) is 0 Å². The molecule has 0 aliphatic carbocycles. The van der Waals surface area contributed by atoms with Crippen LogP contribution in [0.4, 0.5) is 5.95 Å². The van der Waals surface area contributed by atoms with Gasteiger partial charge in [-0.15, -0.1) is 5.10 Å². The number of halogens is 1. The number of nitrogens with two attached hydrogens (primary N) is 1. The van der Waals surface area contributed by atoms with E-state index in [0.29, 0.717) is 16.3 Å². The van der Waals surface area contributed by atoms with Crippen molar-refractivity contribution in [3.63, 3.8) is 0 Å². The number of nitrogen functional groups attached to an aromatic ring is 1. The molecule has 0 saturated carbocycles. The van der Waals surface area contributed by atoms with E-state index in [-0.39, 0.29) is 18.3 Å². The second kappa shape index (κ2) is 5.57. The van der Waals surface area contributed by atoms with Crippen LogP contribution < -0.4 is 15.8 Å². The number of benzene rings is 1. The van der Waals surface area contributed by atoms with Crippen LogP contribution in [-0.4, -0.2) is 28.2 Å². The molecule has 0 aliphatic heterocycles. The molecule has 0 saturated heterocycles. The average molecular weight is 282 g/mol. The Kier molecular flexibility index (Phi) is 3.86. The van der Waals surface area contributed by atoms with Crippen LogP contribution in [0, 0.1) is 0 Å². The number of aromatic nitrogens is 3. The summed E-state index contributed by atoms with van der Waals surface area (Å²) in [5.74, 6) is 0.236. The summed E-state index contributed by atoms with van der Waals surface area (Å²) in [5.41, 5.74) is 6.01. The zero-order valence-electron chi connectivity index (χ0n) is 10.1. The van der Waals surface area contributed by atoms with Crippen molar-refractivity contribution in [3.8, 4) is 5.75 Å². The normalized spacial score (nSPS) is 10.2. The molecule has 4 N–H and O–H groups in total. The van der Waals surface area contributed by atoms with Gasteiger partial charge in [-0.05, 0) is 12.1 Å². The molecular weight excluding hydrogens is 270 g/mol. The number of anilines is 1. The van der Waals surface area contributed by atoms with E-state index in [1.54, 1.807) is 18.2 Å². The van der Waals surface area contributed by atoms with E-state index in [1.165, 1.54) is 7.11 Å². The van der Waals surface area contributed by atoms with Crippen LogP contribution in [0.5, 0.6) is 5.75 Å². The number of hydrogen-bond acceptors (Lipinski definition) is 5. The van der Waals surface area contributed by atoms with E-state index < -0.39 is 5.91 Å². The Morgan fingerprint density at radius 1 is 1.58 bits per heavy atom. The molecule has 0 unspecified atom stereocenters. The quantitative estimate of drug-likeness (QED) is 0.774. The van der Waals surface area contributed by atoms with Crippen LogP contribution >= 0.6 is 11.6 Å². The standard InChI is InChI=1S/C11H12ClN5O2/c1-19-8-4-2-3-7(12)6(8)5-14-10(18)9-15-11(13)17-16-9/h2-4H,5H2,1H3,(H,14,18)(H3,13,15,16,17). The molecule has 0 radical (unpaired) electrons. The Morgan fingerprint density at radius 3 is 3.00 bits per heavy atom. The molecular formula is C11H12ClN5O2. The lowest BCUT2D eigenvalue weighted by Crippen LogP contribution is -2.24. The van der Waals surface area contributed by atoms with Gasteiger partial charge in [0.1, 0.15) is 5.75 Å². The van der Waals surface area contributed by atoms with Crippen molar-refractivity contribution < 1.29 is 9.53 Å². The van der Waals surface area contributed by atoms with Gasteiger partial charge in [0.25, 0.3) is 5.91 Å². The summed E-state index contributed by atoms with van der Waals surface area (Å²) in [6, 6.07) is 5.25. The number of rotatable bonds is 4. The highest BCUT2D eigenvalue weighted by molar-refractivity contribution is 6.31. The number of nitrogens with zero attached hydrogens (tertiary/aromatic N) is 2. The number of aromatic amines is 1. The number of amides is 1. The molecule has 1 amide bonds. The van der Waals surface area contributed by atoms with Crippen LogP contribution in [0.25, 0.3) is 0 Å². The van der Waals surface area contributed by atoms with Crippen molar-refractivity contribution in [2.45, 2.75) is 6.54 Å². The fourth-order valence-corrected chi connectivity index (χ4v) is 1.76. The molecule has 1 heterocycles. The smallest absolute Gasteiger partial charge is 0.288 e. The Morgan fingerprint density at radius 2 is 2.37 bits per heavy atom. The van der Waals surface area contributed by atoms with Crippen LogP contribution in [0.1, 0.15) is 16.2 Å². The van der Waals surface area contributed by atoms with Crippen molar-refractivity contribution in [2.24, 2.45) is 0 Å². The molecule has 0 bridgehead atoms. The number of carbonyl (C=O) groups is 1. The molecule has 2 rings (SSSR count). The Hall–Kier alpha value is -2.28. The first-order valence-corrected chi connectivity index (χ1v) is 5.77. The molecule has 0 aliphatic rings. The fourth-order valence-electron chi connectivity index (χ4n) is 1.53. The summed E-state index contributed by atoms with van der Waals surface area (Å²) < 4.78 is 5.18. The fraction of sp³-hybridized carbons (Fsp3) is 0.182. The number of methoxy groups -OCH3 is 1. The van der Waals surface area contributed by atoms with Crippen molar-refractivity contribution in [1.29, 1.82) is 0 Å². The van der Waals surface area contributed by atoms with Crippen molar-refractivity contribution in [1.82, 2.24) is 20.5 Å². The molecule has 1 aromatic heterocycles. The van der Waals surface area contributed by atoms with Crippen LogP contribution in [0.15, 0.2) is 18.2 Å². The predicted molar refractivity (Wildman–Crippen MR) is 70.0 cm³/mol. The Labute approximate surface area is 114 Å². The molecule has 2 aromatic rings. The van der Waals surface area contributed by atoms with Gasteiger partial charge in [-0.2, -0.15) is 4.98 Å². The first kappa shape index (κ1) is 13.2. The zero-order valence-corrected chi connectivity index (χ0v) is 10.9. The van der Waals surface area contributed by atoms with Gasteiger partial charge in [-0.3, -0.25) is 9.89 Å². The lowest BCUT2D eigenvalue weighted by atomic mass is 10.2. The van der Waals surface area contributed by atoms with Gasteiger partial charge in [0.05, 0.1) is 7.11 Å². The van der Waals surface area contributed by atoms with Gasteiger partial charge >= 0.3 is 0 Å². The summed E-state index contributed by atoms with van der Waals surface area (Å²) in [7, 11) is 1.54. The number of H-pyrrole nitrogens is 1. The SMILES string of the molecule is COc1cccc(Cl)c1CNC(=O)c1nc(N)n[nH]1. The largest absolute Gasteiger partial charge is 0.496 e. The maximum atomic E-state index is 11.8. The molecule has 100 valence electrons. The number of carbonyl (C=O) groups excluding carboxylic acids is 1. The van der Waals surface area contributed by atoms with Crippen LogP contribution in [0.3, 0.4) is 0 Å². The molecule has 0 fully saturated rings. The third-order valence-corrected chi connectivity index (χ3v) is 2.79. The Bertz CT molecular complexity index is 599. The molecule has 1 aromatic carbocycles. The average Bonchev–Trinajstić information content (AvgIpc) is 2.83. The van der Waals surface area contributed by atoms with Gasteiger partial charge < -0.3 is 15.8 Å². The van der Waals surface area contributed by atoms with Gasteiger partial charge in [0, 0.05) is 17.1 Å². The lowest BCUT2D eigenvalue weighted by Gasteiger charge is -2.10. The second-order valence-corrected chi connectivity index (χ2v) is 4.05. The number of nitrogens with one attached hydrogen (secondary N) is 2. The first-order valence-electron chi connectivity index (χ1n) is 5.39.